The fourth-order valence-corrected chi connectivity index (χ4v) is 15.1. The van der Waals surface area contributed by atoms with Gasteiger partial charge >= 0.3 is 0 Å². The minimum atomic E-state index is -2.72. The molecular weight excluding hydrogens is 775 g/mol. The van der Waals surface area contributed by atoms with Crippen molar-refractivity contribution in [3.8, 4) is 22.3 Å². The van der Waals surface area contributed by atoms with Crippen LogP contribution in [0.15, 0.2) is 273 Å². The number of nitrogens with zero attached hydrogens (tertiary/aromatic N) is 1. The first-order valence-electron chi connectivity index (χ1n) is 21.8. The van der Waals surface area contributed by atoms with Crippen LogP contribution in [0.4, 0.5) is 17.1 Å². The van der Waals surface area contributed by atoms with E-state index >= 15 is 0 Å². The average molecular weight is 820 g/mol. The Kier molecular flexibility index (Phi) is 9.84. The lowest BCUT2D eigenvalue weighted by Crippen LogP contribution is -2.74. The molecule has 0 amide bonds. The van der Waals surface area contributed by atoms with Gasteiger partial charge in [0.05, 0.1) is 5.41 Å². The number of para-hydroxylation sites is 1. The Bertz CT molecular complexity index is 2970. The second kappa shape index (κ2) is 16.2. The lowest BCUT2D eigenvalue weighted by molar-refractivity contribution is 0.769. The van der Waals surface area contributed by atoms with Crippen molar-refractivity contribution in [2.24, 2.45) is 0 Å². The van der Waals surface area contributed by atoms with Crippen LogP contribution in [0.3, 0.4) is 0 Å². The summed E-state index contributed by atoms with van der Waals surface area (Å²) in [7, 11) is -2.72. The van der Waals surface area contributed by atoms with E-state index in [-0.39, 0.29) is 0 Å². The van der Waals surface area contributed by atoms with Crippen LogP contribution < -0.4 is 25.6 Å². The molecule has 0 spiro atoms. The van der Waals surface area contributed by atoms with Crippen LogP contribution in [0.1, 0.15) is 22.3 Å². The van der Waals surface area contributed by atoms with Crippen LogP contribution in [0, 0.1) is 0 Å². The quantitative estimate of drug-likeness (QED) is 0.0981. The van der Waals surface area contributed by atoms with Gasteiger partial charge in [0.25, 0.3) is 0 Å². The van der Waals surface area contributed by atoms with Gasteiger partial charge in [-0.1, -0.05) is 237 Å². The molecule has 0 aliphatic heterocycles. The van der Waals surface area contributed by atoms with E-state index in [9.17, 15) is 0 Å². The monoisotopic (exact) mass is 819 g/mol. The molecule has 2 heteroatoms. The Hall–Kier alpha value is -7.78. The Morgan fingerprint density at radius 3 is 1.03 bits per heavy atom. The van der Waals surface area contributed by atoms with Crippen molar-refractivity contribution in [2.75, 3.05) is 4.90 Å². The molecule has 0 aromatic heterocycles. The van der Waals surface area contributed by atoms with Crippen LogP contribution in [-0.4, -0.2) is 8.07 Å². The predicted molar refractivity (Wildman–Crippen MR) is 267 cm³/mol. The van der Waals surface area contributed by atoms with E-state index in [2.05, 4.69) is 278 Å². The lowest BCUT2D eigenvalue weighted by Gasteiger charge is -2.37. The lowest BCUT2D eigenvalue weighted by atomic mass is 9.67. The van der Waals surface area contributed by atoms with Gasteiger partial charge in [0, 0.05) is 17.1 Å². The average Bonchev–Trinajstić information content (AvgIpc) is 3.68. The number of anilines is 3. The molecule has 1 aliphatic carbocycles. The minimum absolute atomic E-state index is 0.546. The highest BCUT2D eigenvalue weighted by Gasteiger charge is 2.47. The summed E-state index contributed by atoms with van der Waals surface area (Å²) in [5.41, 5.74) is 12.9. The summed E-state index contributed by atoms with van der Waals surface area (Å²) in [6, 6.07) is 101. The highest BCUT2D eigenvalue weighted by atomic mass is 28.3. The predicted octanol–water partition coefficient (Wildman–Crippen LogP) is 12.6. The highest BCUT2D eigenvalue weighted by Crippen LogP contribution is 2.56. The molecule has 1 nitrogen and oxygen atoms in total. The van der Waals surface area contributed by atoms with Gasteiger partial charge < -0.3 is 4.90 Å². The summed E-state index contributed by atoms with van der Waals surface area (Å²) in [6.07, 6.45) is 0. The maximum absolute atomic E-state index is 2.72. The van der Waals surface area contributed by atoms with Crippen LogP contribution in [0.25, 0.3) is 22.3 Å². The first kappa shape index (κ1) is 38.2. The summed E-state index contributed by atoms with van der Waals surface area (Å²) < 4.78 is 0. The van der Waals surface area contributed by atoms with E-state index < -0.39 is 13.5 Å². The molecule has 0 radical (unpaired) electrons. The van der Waals surface area contributed by atoms with Crippen molar-refractivity contribution in [3.63, 3.8) is 0 Å². The normalized spacial score (nSPS) is 12.6. The van der Waals surface area contributed by atoms with Gasteiger partial charge in [0.15, 0.2) is 8.07 Å². The maximum Gasteiger partial charge on any atom is 0.179 e. The third kappa shape index (κ3) is 6.38. The van der Waals surface area contributed by atoms with Crippen molar-refractivity contribution in [2.45, 2.75) is 5.41 Å². The Morgan fingerprint density at radius 2 is 0.571 bits per heavy atom. The SMILES string of the molecule is c1ccc(-c2ccc(N(c3ccccc3)c3ccc(C4(c5ccc([Si](c6ccccc6)(c6ccccc6)c6ccccc6)cc5)c5ccccc5-c5ccccc54)cc3)cc2)cc1. The van der Waals surface area contributed by atoms with Crippen molar-refractivity contribution >= 4 is 45.9 Å². The molecule has 0 bridgehead atoms. The van der Waals surface area contributed by atoms with Crippen molar-refractivity contribution < 1.29 is 0 Å². The number of fused-ring (bicyclic) bond motifs is 3. The molecule has 0 saturated heterocycles. The molecule has 0 saturated carbocycles. The van der Waals surface area contributed by atoms with E-state index in [1.807, 2.05) is 0 Å². The first-order valence-corrected chi connectivity index (χ1v) is 23.8. The Morgan fingerprint density at radius 1 is 0.254 bits per heavy atom. The molecule has 11 rings (SSSR count). The Labute approximate surface area is 371 Å². The summed E-state index contributed by atoms with van der Waals surface area (Å²) >= 11 is 0. The van der Waals surface area contributed by atoms with E-state index in [0.29, 0.717) is 0 Å². The van der Waals surface area contributed by atoms with Gasteiger partial charge in [0.2, 0.25) is 0 Å². The highest BCUT2D eigenvalue weighted by molar-refractivity contribution is 7.19. The standard InChI is InChI=1S/C61H45NSi/c1-6-20-46(21-7-1)47-34-40-51(41-35-47)62(50-22-8-2-9-23-50)52-42-36-48(37-43-52)61(59-32-18-16-30-57(59)58-31-17-19-33-60(58)61)49-38-44-56(45-39-49)63(53-24-10-3-11-25-53,54-26-12-4-13-27-54)55-28-14-5-15-29-55/h1-45H. The fraction of sp³-hybridized carbons (Fsp3) is 0.0164. The molecule has 1 aliphatic rings. The van der Waals surface area contributed by atoms with Crippen LogP contribution >= 0.6 is 0 Å². The first-order chi connectivity index (χ1) is 31.3. The molecule has 10 aromatic carbocycles. The number of benzene rings is 10. The molecule has 0 atom stereocenters. The van der Waals surface area contributed by atoms with E-state index in [0.717, 1.165) is 17.1 Å². The zero-order valence-electron chi connectivity index (χ0n) is 34.9. The maximum atomic E-state index is 2.45. The van der Waals surface area contributed by atoms with E-state index in [1.165, 1.54) is 65.3 Å². The zero-order valence-corrected chi connectivity index (χ0v) is 35.9. The molecule has 0 N–H and O–H groups in total. The largest absolute Gasteiger partial charge is 0.311 e. The summed E-state index contributed by atoms with van der Waals surface area (Å²) in [6.45, 7) is 0. The Balaban J connectivity index is 1.09. The van der Waals surface area contributed by atoms with Gasteiger partial charge in [-0.15, -0.1) is 0 Å². The second-order valence-electron chi connectivity index (χ2n) is 16.4. The molecule has 298 valence electrons. The van der Waals surface area contributed by atoms with Crippen molar-refractivity contribution in [3.05, 3.63) is 295 Å². The van der Waals surface area contributed by atoms with Gasteiger partial charge in [0.1, 0.15) is 0 Å². The van der Waals surface area contributed by atoms with E-state index in [1.54, 1.807) is 0 Å². The van der Waals surface area contributed by atoms with Gasteiger partial charge in [-0.3, -0.25) is 0 Å². The second-order valence-corrected chi connectivity index (χ2v) is 20.2. The molecule has 10 aromatic rings. The number of hydrogen-bond acceptors (Lipinski definition) is 1. The minimum Gasteiger partial charge on any atom is -0.311 e. The van der Waals surface area contributed by atoms with Gasteiger partial charge in [-0.2, -0.15) is 0 Å². The van der Waals surface area contributed by atoms with Crippen LogP contribution in [0.5, 0.6) is 0 Å². The smallest absolute Gasteiger partial charge is 0.179 e. The topological polar surface area (TPSA) is 3.24 Å². The molecule has 0 unspecified atom stereocenters. The van der Waals surface area contributed by atoms with E-state index in [4.69, 9.17) is 0 Å². The molecular formula is C61H45NSi. The summed E-state index contributed by atoms with van der Waals surface area (Å²) in [5, 5.41) is 5.47. The van der Waals surface area contributed by atoms with Gasteiger partial charge in [-0.05, 0) is 102 Å². The third-order valence-corrected chi connectivity index (χ3v) is 17.9. The van der Waals surface area contributed by atoms with Gasteiger partial charge in [-0.25, -0.2) is 0 Å². The summed E-state index contributed by atoms with van der Waals surface area (Å²) in [4.78, 5) is 2.36. The van der Waals surface area contributed by atoms with Crippen molar-refractivity contribution in [1.29, 1.82) is 0 Å². The zero-order chi connectivity index (χ0) is 42.1. The molecule has 0 fully saturated rings. The molecule has 63 heavy (non-hydrogen) atoms. The summed E-state index contributed by atoms with van der Waals surface area (Å²) in [5.74, 6) is 0. The third-order valence-electron chi connectivity index (χ3n) is 13.1. The van der Waals surface area contributed by atoms with Crippen LogP contribution in [0.2, 0.25) is 0 Å². The van der Waals surface area contributed by atoms with Crippen LogP contribution in [-0.2, 0) is 5.41 Å². The number of rotatable bonds is 10. The molecule has 0 heterocycles. The van der Waals surface area contributed by atoms with Crippen molar-refractivity contribution in [1.82, 2.24) is 0 Å². The number of hydrogen-bond donors (Lipinski definition) is 0. The fourth-order valence-electron chi connectivity index (χ4n) is 10.4.